The molecule has 1 saturated heterocycles. The zero-order valence-corrected chi connectivity index (χ0v) is 11.6. The minimum atomic E-state index is -3.29. The molecule has 106 valence electrons. The molecule has 0 saturated carbocycles. The number of likely N-dealkylation sites (tertiary alicyclic amines) is 1. The molecule has 0 aliphatic carbocycles. The van der Waals surface area contributed by atoms with Crippen molar-refractivity contribution in [2.24, 2.45) is 0 Å². The van der Waals surface area contributed by atoms with Crippen LogP contribution in [0.5, 0.6) is 0 Å². The number of aromatic nitrogens is 2. The molecular weight excluding hydrogens is 272 g/mol. The van der Waals surface area contributed by atoms with E-state index in [0.717, 1.165) is 6.26 Å². The average molecular weight is 288 g/mol. The van der Waals surface area contributed by atoms with Crippen LogP contribution < -0.4 is 4.72 Å². The Bertz CT molecular complexity index is 568. The number of amides is 1. The van der Waals surface area contributed by atoms with Crippen molar-refractivity contribution in [3.63, 3.8) is 0 Å². The molecule has 1 fully saturated rings. The van der Waals surface area contributed by atoms with E-state index in [9.17, 15) is 13.2 Å². The fourth-order valence-electron chi connectivity index (χ4n) is 2.06. The minimum Gasteiger partial charge on any atom is -0.337 e. The molecule has 2 rings (SSSR count). The molecule has 1 aliphatic rings. The number of carbonyl (C=O) groups excluding carboxylic acids is 1. The molecule has 0 bridgehead atoms. The molecule has 0 radical (unpaired) electrons. The van der Waals surface area contributed by atoms with Gasteiger partial charge < -0.3 is 9.42 Å². The second kappa shape index (κ2) is 5.25. The van der Waals surface area contributed by atoms with Gasteiger partial charge in [0.15, 0.2) is 5.82 Å². The quantitative estimate of drug-likeness (QED) is 0.804. The topological polar surface area (TPSA) is 105 Å². The number of hydrogen-bond acceptors (Lipinski definition) is 6. The zero-order valence-electron chi connectivity index (χ0n) is 10.8. The number of sulfonamides is 1. The summed E-state index contributed by atoms with van der Waals surface area (Å²) in [4.78, 5) is 17.4. The van der Waals surface area contributed by atoms with Crippen LogP contribution in [0.3, 0.4) is 0 Å². The van der Waals surface area contributed by atoms with Gasteiger partial charge in [0.2, 0.25) is 21.8 Å². The van der Waals surface area contributed by atoms with Crippen LogP contribution in [0.15, 0.2) is 4.52 Å². The monoisotopic (exact) mass is 288 g/mol. The average Bonchev–Trinajstić information content (AvgIpc) is 2.91. The van der Waals surface area contributed by atoms with E-state index >= 15 is 0 Å². The first-order chi connectivity index (χ1) is 8.90. The summed E-state index contributed by atoms with van der Waals surface area (Å²) in [5, 5.41) is 3.71. The number of rotatable bonds is 5. The van der Waals surface area contributed by atoms with Gasteiger partial charge in [-0.1, -0.05) is 5.16 Å². The van der Waals surface area contributed by atoms with Gasteiger partial charge in [-0.25, -0.2) is 13.1 Å². The van der Waals surface area contributed by atoms with E-state index in [1.165, 1.54) is 0 Å². The minimum absolute atomic E-state index is 0.0187. The van der Waals surface area contributed by atoms with Gasteiger partial charge in [0.05, 0.1) is 12.8 Å². The van der Waals surface area contributed by atoms with Gasteiger partial charge in [-0.3, -0.25) is 4.79 Å². The lowest BCUT2D eigenvalue weighted by atomic mass is 10.2. The number of nitrogens with one attached hydrogen (secondary N) is 1. The standard InChI is InChI=1S/C10H16N4O4S/c1-3-14-7(4-5-9(14)15)10-12-8(13-18-10)6-11-19(2,16)17/h7,11H,3-6H2,1-2H3/t7-/m0/s1. The molecule has 9 heteroatoms. The number of hydrogen-bond donors (Lipinski definition) is 1. The van der Waals surface area contributed by atoms with Gasteiger partial charge >= 0.3 is 0 Å². The first kappa shape index (κ1) is 13.9. The molecule has 1 atom stereocenters. The smallest absolute Gasteiger partial charge is 0.249 e. The lowest BCUT2D eigenvalue weighted by molar-refractivity contribution is -0.129. The van der Waals surface area contributed by atoms with E-state index in [1.54, 1.807) is 4.90 Å². The molecule has 0 aromatic carbocycles. The third kappa shape index (κ3) is 3.29. The van der Waals surface area contributed by atoms with Gasteiger partial charge in [-0.05, 0) is 13.3 Å². The first-order valence-electron chi connectivity index (χ1n) is 5.97. The molecule has 0 spiro atoms. The molecule has 1 amide bonds. The molecule has 0 unspecified atom stereocenters. The van der Waals surface area contributed by atoms with Crippen molar-refractivity contribution in [1.82, 2.24) is 19.8 Å². The summed E-state index contributed by atoms with van der Waals surface area (Å²) < 4.78 is 29.3. The van der Waals surface area contributed by atoms with Crippen LogP contribution in [0.2, 0.25) is 0 Å². The third-order valence-electron chi connectivity index (χ3n) is 2.93. The van der Waals surface area contributed by atoms with Crippen LogP contribution in [-0.2, 0) is 21.4 Å². The van der Waals surface area contributed by atoms with E-state index in [0.29, 0.717) is 25.3 Å². The molecule has 2 heterocycles. The van der Waals surface area contributed by atoms with Crippen molar-refractivity contribution in [2.75, 3.05) is 12.8 Å². The first-order valence-corrected chi connectivity index (χ1v) is 7.86. The molecule has 1 N–H and O–H groups in total. The molecule has 1 aromatic rings. The van der Waals surface area contributed by atoms with E-state index < -0.39 is 10.0 Å². The van der Waals surface area contributed by atoms with Crippen LogP contribution in [0.4, 0.5) is 0 Å². The summed E-state index contributed by atoms with van der Waals surface area (Å²) in [6, 6.07) is -0.197. The maximum Gasteiger partial charge on any atom is 0.249 e. The van der Waals surface area contributed by atoms with Crippen molar-refractivity contribution >= 4 is 15.9 Å². The van der Waals surface area contributed by atoms with E-state index in [4.69, 9.17) is 4.52 Å². The van der Waals surface area contributed by atoms with Crippen molar-refractivity contribution in [2.45, 2.75) is 32.4 Å². The lowest BCUT2D eigenvalue weighted by Gasteiger charge is -2.19. The highest BCUT2D eigenvalue weighted by Crippen LogP contribution is 2.31. The fourth-order valence-corrected chi connectivity index (χ4v) is 2.45. The van der Waals surface area contributed by atoms with E-state index in [-0.39, 0.29) is 24.3 Å². The predicted molar refractivity (Wildman–Crippen MR) is 65.3 cm³/mol. The molecular formula is C10H16N4O4S. The maximum atomic E-state index is 11.6. The number of nitrogens with zero attached hydrogens (tertiary/aromatic N) is 3. The van der Waals surface area contributed by atoms with Crippen LogP contribution >= 0.6 is 0 Å². The SMILES string of the molecule is CCN1C(=O)CC[C@H]1c1nc(CNS(C)(=O)=O)no1. The van der Waals surface area contributed by atoms with Crippen molar-refractivity contribution < 1.29 is 17.7 Å². The summed E-state index contributed by atoms with van der Waals surface area (Å²) in [5.41, 5.74) is 0. The van der Waals surface area contributed by atoms with E-state index in [2.05, 4.69) is 14.9 Å². The molecule has 1 aromatic heterocycles. The second-order valence-corrected chi connectivity index (χ2v) is 6.21. The van der Waals surface area contributed by atoms with Gasteiger partial charge in [-0.15, -0.1) is 0 Å². The van der Waals surface area contributed by atoms with Gasteiger partial charge in [0.1, 0.15) is 6.04 Å². The zero-order chi connectivity index (χ0) is 14.0. The predicted octanol–water partition coefficient (Wildman–Crippen LogP) is -0.198. The normalized spacial score (nSPS) is 20.2. The Labute approximate surface area is 111 Å². The summed E-state index contributed by atoms with van der Waals surface area (Å²) in [6.07, 6.45) is 2.17. The maximum absolute atomic E-state index is 11.6. The Balaban J connectivity index is 2.07. The van der Waals surface area contributed by atoms with Gasteiger partial charge in [0.25, 0.3) is 0 Å². The van der Waals surface area contributed by atoms with Gasteiger partial charge in [0, 0.05) is 13.0 Å². The summed E-state index contributed by atoms with van der Waals surface area (Å²) >= 11 is 0. The second-order valence-electron chi connectivity index (χ2n) is 4.38. The summed E-state index contributed by atoms with van der Waals surface area (Å²) in [7, 11) is -3.29. The van der Waals surface area contributed by atoms with Crippen molar-refractivity contribution in [3.05, 3.63) is 11.7 Å². The summed E-state index contributed by atoms with van der Waals surface area (Å²) in [5.74, 6) is 0.690. The van der Waals surface area contributed by atoms with Crippen molar-refractivity contribution in [1.29, 1.82) is 0 Å². The lowest BCUT2D eigenvalue weighted by Crippen LogP contribution is -2.27. The van der Waals surface area contributed by atoms with Gasteiger partial charge in [-0.2, -0.15) is 4.98 Å². The molecule has 8 nitrogen and oxygen atoms in total. The molecule has 19 heavy (non-hydrogen) atoms. The molecule has 1 aliphatic heterocycles. The number of carbonyl (C=O) groups is 1. The van der Waals surface area contributed by atoms with Crippen molar-refractivity contribution in [3.8, 4) is 0 Å². The Morgan fingerprint density at radius 3 is 2.89 bits per heavy atom. The van der Waals surface area contributed by atoms with E-state index in [1.807, 2.05) is 6.92 Å². The Hall–Kier alpha value is -1.48. The van der Waals surface area contributed by atoms with Crippen LogP contribution in [0.1, 0.15) is 37.5 Å². The summed E-state index contributed by atoms with van der Waals surface area (Å²) in [6.45, 7) is 2.46. The Morgan fingerprint density at radius 1 is 1.53 bits per heavy atom. The highest BCUT2D eigenvalue weighted by molar-refractivity contribution is 7.88. The third-order valence-corrected chi connectivity index (χ3v) is 3.60. The van der Waals surface area contributed by atoms with Crippen LogP contribution in [-0.4, -0.2) is 42.2 Å². The van der Waals surface area contributed by atoms with Crippen LogP contribution in [0, 0.1) is 0 Å². The Kier molecular flexibility index (Phi) is 3.85. The fraction of sp³-hybridized carbons (Fsp3) is 0.700. The largest absolute Gasteiger partial charge is 0.337 e. The van der Waals surface area contributed by atoms with Crippen LogP contribution in [0.25, 0.3) is 0 Å². The highest BCUT2D eigenvalue weighted by Gasteiger charge is 2.34. The Morgan fingerprint density at radius 2 is 2.26 bits per heavy atom. The highest BCUT2D eigenvalue weighted by atomic mass is 32.2.